The lowest BCUT2D eigenvalue weighted by Crippen LogP contribution is -2.35. The van der Waals surface area contributed by atoms with Gasteiger partial charge in [0.25, 0.3) is 0 Å². The quantitative estimate of drug-likeness (QED) is 0.558. The van der Waals surface area contributed by atoms with E-state index in [-0.39, 0.29) is 17.8 Å². The second kappa shape index (κ2) is 6.68. The van der Waals surface area contributed by atoms with E-state index in [0.29, 0.717) is 12.1 Å². The van der Waals surface area contributed by atoms with Crippen molar-refractivity contribution in [1.29, 1.82) is 0 Å². The van der Waals surface area contributed by atoms with Crippen LogP contribution in [-0.4, -0.2) is 43.5 Å². The highest BCUT2D eigenvalue weighted by Crippen LogP contribution is 2.48. The van der Waals surface area contributed by atoms with E-state index in [1.165, 1.54) is 0 Å². The molecule has 5 atom stereocenters. The topological polar surface area (TPSA) is 12.5 Å². The first-order valence-corrected chi connectivity index (χ1v) is 8.50. The van der Waals surface area contributed by atoms with Crippen molar-refractivity contribution in [3.8, 4) is 0 Å². The standard InChI is InChI=1S/C13H26BFNOP/c1-8(2)16(9(3)4)18(6)17-13-10(5)7-11(14)12(13)15/h8-13H,7H2,1-6H3/t10-,11+,12+,13+,18?/m0/s1. The Kier molecular flexibility index (Phi) is 6.08. The van der Waals surface area contributed by atoms with Gasteiger partial charge in [-0.2, -0.15) is 0 Å². The molecule has 1 aliphatic rings. The maximum Gasteiger partial charge on any atom is 0.122 e. The molecule has 18 heavy (non-hydrogen) atoms. The van der Waals surface area contributed by atoms with E-state index in [0.717, 1.165) is 6.42 Å². The van der Waals surface area contributed by atoms with Gasteiger partial charge in [0, 0.05) is 12.1 Å². The zero-order valence-corrected chi connectivity index (χ0v) is 13.3. The molecule has 104 valence electrons. The Labute approximate surface area is 114 Å². The number of rotatable bonds is 5. The van der Waals surface area contributed by atoms with E-state index >= 15 is 0 Å². The summed E-state index contributed by atoms with van der Waals surface area (Å²) in [6.45, 7) is 12.7. The lowest BCUT2D eigenvalue weighted by atomic mass is 9.84. The van der Waals surface area contributed by atoms with Crippen LogP contribution < -0.4 is 0 Å². The molecule has 0 bridgehead atoms. The van der Waals surface area contributed by atoms with Crippen molar-refractivity contribution in [3.05, 3.63) is 0 Å². The molecule has 1 rings (SSSR count). The second-order valence-electron chi connectivity index (χ2n) is 5.92. The molecular weight excluding hydrogens is 247 g/mol. The Balaban J connectivity index is 2.65. The summed E-state index contributed by atoms with van der Waals surface area (Å²) in [6.07, 6.45) is -0.638. The molecule has 0 aromatic rings. The summed E-state index contributed by atoms with van der Waals surface area (Å²) in [5.41, 5.74) is 0. The fourth-order valence-corrected chi connectivity index (χ4v) is 4.98. The van der Waals surface area contributed by atoms with Gasteiger partial charge in [-0.3, -0.25) is 4.67 Å². The Hall–Kier alpha value is 0.345. The molecule has 5 heteroatoms. The van der Waals surface area contributed by atoms with Crippen molar-refractivity contribution >= 4 is 16.1 Å². The van der Waals surface area contributed by atoms with Gasteiger partial charge in [0.15, 0.2) is 0 Å². The van der Waals surface area contributed by atoms with E-state index in [2.05, 4.69) is 39.0 Å². The van der Waals surface area contributed by atoms with Crippen molar-refractivity contribution in [2.24, 2.45) is 5.92 Å². The van der Waals surface area contributed by atoms with Crippen molar-refractivity contribution in [3.63, 3.8) is 0 Å². The van der Waals surface area contributed by atoms with Crippen molar-refractivity contribution in [2.75, 3.05) is 6.66 Å². The minimum absolute atomic E-state index is 0.209. The molecule has 0 aliphatic heterocycles. The summed E-state index contributed by atoms with van der Waals surface area (Å²) < 4.78 is 22.3. The highest BCUT2D eigenvalue weighted by Gasteiger charge is 2.41. The highest BCUT2D eigenvalue weighted by atomic mass is 31.2. The number of hydrogen-bond donors (Lipinski definition) is 0. The molecule has 1 unspecified atom stereocenters. The third-order valence-corrected chi connectivity index (χ3v) is 5.71. The largest absolute Gasteiger partial charge is 0.337 e. The maximum absolute atomic E-state index is 14.0. The first-order chi connectivity index (χ1) is 8.25. The van der Waals surface area contributed by atoms with Gasteiger partial charge in [0.05, 0.1) is 14.0 Å². The summed E-state index contributed by atoms with van der Waals surface area (Å²) >= 11 is 0. The van der Waals surface area contributed by atoms with Crippen LogP contribution in [-0.2, 0) is 4.52 Å². The van der Waals surface area contributed by atoms with E-state index in [4.69, 9.17) is 12.4 Å². The van der Waals surface area contributed by atoms with Crippen LogP contribution in [0.2, 0.25) is 5.82 Å². The predicted octanol–water partition coefficient (Wildman–Crippen LogP) is 3.77. The number of alkyl halides is 1. The smallest absolute Gasteiger partial charge is 0.122 e. The first-order valence-electron chi connectivity index (χ1n) is 6.84. The third-order valence-electron chi connectivity index (χ3n) is 3.59. The van der Waals surface area contributed by atoms with E-state index in [1.54, 1.807) is 0 Å². The molecule has 0 aromatic carbocycles. The lowest BCUT2D eigenvalue weighted by molar-refractivity contribution is 0.0974. The van der Waals surface area contributed by atoms with Gasteiger partial charge < -0.3 is 4.52 Å². The van der Waals surface area contributed by atoms with Crippen LogP contribution in [0.5, 0.6) is 0 Å². The van der Waals surface area contributed by atoms with Gasteiger partial charge in [-0.05, 0) is 46.1 Å². The zero-order valence-electron chi connectivity index (χ0n) is 12.4. The summed E-state index contributed by atoms with van der Waals surface area (Å²) in [5.74, 6) is -0.152. The molecule has 2 nitrogen and oxygen atoms in total. The Morgan fingerprint density at radius 3 is 2.11 bits per heavy atom. The molecule has 0 N–H and O–H groups in total. The normalized spacial score (nSPS) is 34.8. The molecule has 1 saturated carbocycles. The average Bonchev–Trinajstić information content (AvgIpc) is 2.44. The zero-order chi connectivity index (χ0) is 14.0. The summed E-state index contributed by atoms with van der Waals surface area (Å²) in [7, 11) is 5.00. The van der Waals surface area contributed by atoms with E-state index < -0.39 is 14.5 Å². The molecular formula is C13H26BFNOP. The second-order valence-corrected chi connectivity index (χ2v) is 7.52. The molecule has 1 aliphatic carbocycles. The number of hydrogen-bond acceptors (Lipinski definition) is 2. The van der Waals surface area contributed by atoms with Gasteiger partial charge in [-0.15, -0.1) is 0 Å². The van der Waals surface area contributed by atoms with Crippen LogP contribution in [0.3, 0.4) is 0 Å². The van der Waals surface area contributed by atoms with Crippen LogP contribution in [0.4, 0.5) is 4.39 Å². The van der Waals surface area contributed by atoms with Crippen molar-refractivity contribution in [1.82, 2.24) is 4.67 Å². The van der Waals surface area contributed by atoms with Gasteiger partial charge in [-0.25, -0.2) is 4.39 Å². The van der Waals surface area contributed by atoms with E-state index in [1.807, 2.05) is 6.92 Å². The maximum atomic E-state index is 14.0. The molecule has 0 saturated heterocycles. The third kappa shape index (κ3) is 3.68. The van der Waals surface area contributed by atoms with Crippen LogP contribution >= 0.6 is 8.30 Å². The number of halogens is 1. The minimum atomic E-state index is -1.02. The summed E-state index contributed by atoms with van der Waals surface area (Å²) in [5, 5.41) is 0. The van der Waals surface area contributed by atoms with Gasteiger partial charge >= 0.3 is 0 Å². The molecule has 0 aromatic heterocycles. The van der Waals surface area contributed by atoms with Crippen LogP contribution in [0, 0.1) is 5.92 Å². The van der Waals surface area contributed by atoms with Gasteiger partial charge in [0.1, 0.15) is 14.5 Å². The SMILES string of the molecule is [B][C@@H]1C[C@H](C)[C@@H](OP(C)N(C(C)C)C(C)C)[C@@H]1F. The Morgan fingerprint density at radius 2 is 1.78 bits per heavy atom. The molecule has 0 heterocycles. The first kappa shape index (κ1) is 16.4. The van der Waals surface area contributed by atoms with Crippen LogP contribution in [0.1, 0.15) is 41.0 Å². The van der Waals surface area contributed by atoms with E-state index in [9.17, 15) is 4.39 Å². The van der Waals surface area contributed by atoms with Crippen molar-refractivity contribution < 1.29 is 8.91 Å². The predicted molar refractivity (Wildman–Crippen MR) is 78.0 cm³/mol. The highest BCUT2D eigenvalue weighted by molar-refractivity contribution is 7.49. The minimum Gasteiger partial charge on any atom is -0.337 e. The fraction of sp³-hybridized carbons (Fsp3) is 1.00. The van der Waals surface area contributed by atoms with Crippen LogP contribution in [0.15, 0.2) is 0 Å². The Bertz CT molecular complexity index is 259. The Morgan fingerprint density at radius 1 is 1.28 bits per heavy atom. The number of nitrogens with zero attached hydrogens (tertiary/aromatic N) is 1. The monoisotopic (exact) mass is 273 g/mol. The fourth-order valence-electron chi connectivity index (χ4n) is 2.89. The van der Waals surface area contributed by atoms with Crippen molar-refractivity contribution in [2.45, 2.75) is 71.2 Å². The molecule has 1 fully saturated rings. The van der Waals surface area contributed by atoms with Gasteiger partial charge in [-0.1, -0.05) is 13.3 Å². The average molecular weight is 273 g/mol. The molecule has 0 amide bonds. The van der Waals surface area contributed by atoms with Gasteiger partial charge in [0.2, 0.25) is 0 Å². The molecule has 2 radical (unpaired) electrons. The lowest BCUT2D eigenvalue weighted by Gasteiger charge is -2.37. The van der Waals surface area contributed by atoms with Crippen LogP contribution in [0.25, 0.3) is 0 Å². The summed E-state index contributed by atoms with van der Waals surface area (Å²) in [6, 6.07) is 0.814. The molecule has 0 spiro atoms. The summed E-state index contributed by atoms with van der Waals surface area (Å²) in [4.78, 5) is 0.